The normalized spacial score (nSPS) is 11.1. The standard InChI is InChI=1S/C17H13ClN2O/c18-16-14-10-4-5-11-15(14)17(20-19-16)21-12-6-9-13-7-2-1-3-8-13/h1-11H,12H2. The molecule has 104 valence electrons. The lowest BCUT2D eigenvalue weighted by atomic mass is 10.2. The molecule has 0 aliphatic carbocycles. The van der Waals surface area contributed by atoms with Crippen LogP contribution in [0.3, 0.4) is 0 Å². The number of fused-ring (bicyclic) bond motifs is 1. The molecule has 1 heterocycles. The minimum Gasteiger partial charge on any atom is -0.472 e. The number of rotatable bonds is 4. The third kappa shape index (κ3) is 3.20. The first-order chi connectivity index (χ1) is 10.3. The molecule has 3 nitrogen and oxygen atoms in total. The number of hydrogen-bond donors (Lipinski definition) is 0. The van der Waals surface area contributed by atoms with Gasteiger partial charge in [-0.05, 0) is 17.7 Å². The average molecular weight is 297 g/mol. The molecule has 0 aliphatic heterocycles. The van der Waals surface area contributed by atoms with Crippen LogP contribution < -0.4 is 4.74 Å². The highest BCUT2D eigenvalue weighted by Crippen LogP contribution is 2.26. The van der Waals surface area contributed by atoms with Crippen molar-refractivity contribution in [2.45, 2.75) is 0 Å². The Morgan fingerprint density at radius 2 is 1.62 bits per heavy atom. The third-order valence-electron chi connectivity index (χ3n) is 3.03. The Morgan fingerprint density at radius 1 is 0.905 bits per heavy atom. The Morgan fingerprint density at radius 3 is 2.43 bits per heavy atom. The Kier molecular flexibility index (Phi) is 4.12. The van der Waals surface area contributed by atoms with Crippen molar-refractivity contribution in [1.82, 2.24) is 10.2 Å². The highest BCUT2D eigenvalue weighted by Gasteiger charge is 2.07. The minimum absolute atomic E-state index is 0.387. The van der Waals surface area contributed by atoms with Gasteiger partial charge in [-0.25, -0.2) is 0 Å². The van der Waals surface area contributed by atoms with Crippen LogP contribution in [0.4, 0.5) is 0 Å². The summed E-state index contributed by atoms with van der Waals surface area (Å²) in [4.78, 5) is 0. The Labute approximate surface area is 127 Å². The van der Waals surface area contributed by atoms with E-state index in [1.807, 2.05) is 66.7 Å². The van der Waals surface area contributed by atoms with Crippen molar-refractivity contribution in [3.63, 3.8) is 0 Å². The molecule has 0 fully saturated rings. The van der Waals surface area contributed by atoms with E-state index in [0.717, 1.165) is 16.3 Å². The van der Waals surface area contributed by atoms with E-state index in [0.29, 0.717) is 17.6 Å². The molecular weight excluding hydrogens is 284 g/mol. The van der Waals surface area contributed by atoms with Crippen LogP contribution in [-0.2, 0) is 0 Å². The van der Waals surface area contributed by atoms with E-state index in [9.17, 15) is 0 Å². The lowest BCUT2D eigenvalue weighted by Gasteiger charge is -2.06. The molecule has 0 unspecified atom stereocenters. The second-order valence-electron chi connectivity index (χ2n) is 4.47. The van der Waals surface area contributed by atoms with Gasteiger partial charge in [0.25, 0.3) is 0 Å². The molecule has 21 heavy (non-hydrogen) atoms. The van der Waals surface area contributed by atoms with Crippen LogP contribution in [-0.4, -0.2) is 16.8 Å². The molecule has 1 aromatic heterocycles. The third-order valence-corrected chi connectivity index (χ3v) is 3.31. The highest BCUT2D eigenvalue weighted by molar-refractivity contribution is 6.34. The zero-order valence-electron chi connectivity index (χ0n) is 11.2. The van der Waals surface area contributed by atoms with Crippen LogP contribution in [0.2, 0.25) is 5.15 Å². The lowest BCUT2D eigenvalue weighted by molar-refractivity contribution is 0.349. The van der Waals surface area contributed by atoms with Gasteiger partial charge in [-0.1, -0.05) is 66.2 Å². The zero-order valence-corrected chi connectivity index (χ0v) is 12.0. The van der Waals surface area contributed by atoms with E-state index in [1.54, 1.807) is 0 Å². The van der Waals surface area contributed by atoms with Gasteiger partial charge in [-0.2, -0.15) is 0 Å². The van der Waals surface area contributed by atoms with Gasteiger partial charge < -0.3 is 4.74 Å². The number of aromatic nitrogens is 2. The molecule has 0 spiro atoms. The van der Waals surface area contributed by atoms with Crippen LogP contribution >= 0.6 is 11.6 Å². The number of halogens is 1. The largest absolute Gasteiger partial charge is 0.472 e. The molecular formula is C17H13ClN2O. The van der Waals surface area contributed by atoms with E-state index < -0.39 is 0 Å². The van der Waals surface area contributed by atoms with Crippen molar-refractivity contribution in [1.29, 1.82) is 0 Å². The number of hydrogen-bond acceptors (Lipinski definition) is 3. The number of benzene rings is 2. The van der Waals surface area contributed by atoms with Gasteiger partial charge >= 0.3 is 0 Å². The molecule has 3 aromatic rings. The van der Waals surface area contributed by atoms with Gasteiger partial charge in [0, 0.05) is 10.8 Å². The summed E-state index contributed by atoms with van der Waals surface area (Å²) >= 11 is 6.03. The molecule has 0 bridgehead atoms. The zero-order chi connectivity index (χ0) is 14.5. The molecule has 0 saturated carbocycles. The SMILES string of the molecule is Clc1nnc(OCC=Cc2ccccc2)c2ccccc12. The van der Waals surface area contributed by atoms with Crippen molar-refractivity contribution in [3.8, 4) is 5.88 Å². The van der Waals surface area contributed by atoms with Crippen LogP contribution in [0.5, 0.6) is 5.88 Å². The van der Waals surface area contributed by atoms with Gasteiger partial charge in [0.1, 0.15) is 6.61 Å². The van der Waals surface area contributed by atoms with Crippen LogP contribution in [0.15, 0.2) is 60.7 Å². The molecule has 0 aliphatic rings. The minimum atomic E-state index is 0.387. The smallest absolute Gasteiger partial charge is 0.241 e. The maximum Gasteiger partial charge on any atom is 0.241 e. The Bertz CT molecular complexity index is 772. The summed E-state index contributed by atoms with van der Waals surface area (Å²) in [5.41, 5.74) is 1.13. The van der Waals surface area contributed by atoms with Crippen LogP contribution in [0.1, 0.15) is 5.56 Å². The molecule has 3 rings (SSSR count). The number of ether oxygens (including phenoxy) is 1. The first-order valence-corrected chi connectivity index (χ1v) is 6.98. The molecule has 0 radical (unpaired) electrons. The summed E-state index contributed by atoms with van der Waals surface area (Å²) < 4.78 is 5.68. The second-order valence-corrected chi connectivity index (χ2v) is 4.82. The monoisotopic (exact) mass is 296 g/mol. The van der Waals surface area contributed by atoms with E-state index >= 15 is 0 Å². The Balaban J connectivity index is 1.74. The molecule has 2 aromatic carbocycles. The summed E-state index contributed by atoms with van der Waals surface area (Å²) in [6.07, 6.45) is 3.95. The molecule has 4 heteroatoms. The predicted octanol–water partition coefficient (Wildman–Crippen LogP) is 4.38. The molecule has 0 amide bonds. The first-order valence-electron chi connectivity index (χ1n) is 6.60. The summed E-state index contributed by atoms with van der Waals surface area (Å²) in [5, 5.41) is 10.0. The van der Waals surface area contributed by atoms with Crippen LogP contribution in [0.25, 0.3) is 16.8 Å². The summed E-state index contributed by atoms with van der Waals surface area (Å²) in [7, 11) is 0. The van der Waals surface area contributed by atoms with Crippen molar-refractivity contribution in [2.24, 2.45) is 0 Å². The highest BCUT2D eigenvalue weighted by atomic mass is 35.5. The average Bonchev–Trinajstić information content (AvgIpc) is 2.55. The fourth-order valence-corrected chi connectivity index (χ4v) is 2.23. The predicted molar refractivity (Wildman–Crippen MR) is 85.5 cm³/mol. The van der Waals surface area contributed by atoms with Crippen molar-refractivity contribution < 1.29 is 4.74 Å². The Hall–Kier alpha value is -2.39. The maximum absolute atomic E-state index is 6.03. The van der Waals surface area contributed by atoms with E-state index in [2.05, 4.69) is 10.2 Å². The van der Waals surface area contributed by atoms with E-state index in [4.69, 9.17) is 16.3 Å². The van der Waals surface area contributed by atoms with Crippen molar-refractivity contribution in [2.75, 3.05) is 6.61 Å². The van der Waals surface area contributed by atoms with Gasteiger partial charge in [0.2, 0.25) is 5.88 Å². The van der Waals surface area contributed by atoms with Gasteiger partial charge in [-0.3, -0.25) is 0 Å². The van der Waals surface area contributed by atoms with Crippen molar-refractivity contribution >= 4 is 28.4 Å². The second kappa shape index (κ2) is 6.37. The fraction of sp³-hybridized carbons (Fsp3) is 0.0588. The van der Waals surface area contributed by atoms with Crippen molar-refractivity contribution in [3.05, 3.63) is 71.4 Å². The summed E-state index contributed by atoms with van der Waals surface area (Å²) in [5.74, 6) is 0.493. The first kappa shape index (κ1) is 13.6. The molecule has 0 saturated heterocycles. The molecule has 0 atom stereocenters. The number of nitrogens with zero attached hydrogens (tertiary/aromatic N) is 2. The fourth-order valence-electron chi connectivity index (χ4n) is 2.03. The summed E-state index contributed by atoms with van der Waals surface area (Å²) in [6, 6.07) is 17.7. The van der Waals surface area contributed by atoms with Crippen LogP contribution in [0, 0.1) is 0 Å². The van der Waals surface area contributed by atoms with E-state index in [1.165, 1.54) is 0 Å². The van der Waals surface area contributed by atoms with Gasteiger partial charge in [0.05, 0.1) is 0 Å². The summed E-state index contributed by atoms with van der Waals surface area (Å²) in [6.45, 7) is 0.426. The molecule has 0 N–H and O–H groups in total. The topological polar surface area (TPSA) is 35.0 Å². The van der Waals surface area contributed by atoms with Gasteiger partial charge in [-0.15, -0.1) is 10.2 Å². The lowest BCUT2D eigenvalue weighted by Crippen LogP contribution is -1.98. The van der Waals surface area contributed by atoms with Gasteiger partial charge in [0.15, 0.2) is 5.15 Å². The van der Waals surface area contributed by atoms with E-state index in [-0.39, 0.29) is 0 Å². The maximum atomic E-state index is 6.03. The quantitative estimate of drug-likeness (QED) is 0.717.